The summed E-state index contributed by atoms with van der Waals surface area (Å²) in [5, 5.41) is 0.455. The lowest BCUT2D eigenvalue weighted by Crippen LogP contribution is -2.13. The molecule has 0 unspecified atom stereocenters. The second-order valence-electron chi connectivity index (χ2n) is 5.58. The molecule has 0 amide bonds. The third kappa shape index (κ3) is 4.12. The number of rotatable bonds is 5. The summed E-state index contributed by atoms with van der Waals surface area (Å²) in [6.45, 7) is 1.90. The average Bonchev–Trinajstić information content (AvgIpc) is 2.61. The molecule has 1 heterocycles. The summed E-state index contributed by atoms with van der Waals surface area (Å²) in [5.41, 5.74) is 1.38. The van der Waals surface area contributed by atoms with Crippen LogP contribution in [0.2, 0.25) is 5.02 Å². The van der Waals surface area contributed by atoms with Gasteiger partial charge in [-0.3, -0.25) is 9.52 Å². The summed E-state index contributed by atoms with van der Waals surface area (Å²) in [6, 6.07) is 14.0. The van der Waals surface area contributed by atoms with Gasteiger partial charge in [0, 0.05) is 28.0 Å². The van der Waals surface area contributed by atoms with E-state index in [-0.39, 0.29) is 10.5 Å². The zero-order valence-corrected chi connectivity index (χ0v) is 15.4. The third-order valence-corrected chi connectivity index (χ3v) is 5.32. The molecule has 1 aromatic heterocycles. The van der Waals surface area contributed by atoms with E-state index in [2.05, 4.69) is 14.7 Å². The van der Waals surface area contributed by atoms with Crippen molar-refractivity contribution in [2.24, 2.45) is 0 Å². The Hall–Kier alpha value is -2.64. The molecule has 2 N–H and O–H groups in total. The highest BCUT2D eigenvalue weighted by atomic mass is 35.5. The van der Waals surface area contributed by atoms with Crippen LogP contribution in [0.3, 0.4) is 0 Å². The lowest BCUT2D eigenvalue weighted by atomic mass is 10.2. The Labute approximate surface area is 155 Å². The first-order valence-electron chi connectivity index (χ1n) is 7.86. The van der Waals surface area contributed by atoms with Gasteiger partial charge >= 0.3 is 0 Å². The van der Waals surface area contributed by atoms with Crippen LogP contribution in [-0.4, -0.2) is 18.4 Å². The first-order chi connectivity index (χ1) is 12.4. The van der Waals surface area contributed by atoms with Crippen molar-refractivity contribution in [2.45, 2.75) is 18.2 Å². The fourth-order valence-electron chi connectivity index (χ4n) is 2.38. The molecule has 8 heteroatoms. The van der Waals surface area contributed by atoms with Crippen molar-refractivity contribution >= 4 is 27.3 Å². The second-order valence-corrected chi connectivity index (χ2v) is 7.70. The summed E-state index contributed by atoms with van der Waals surface area (Å²) in [6.07, 6.45) is 0.625. The molecule has 2 aromatic carbocycles. The van der Waals surface area contributed by atoms with Crippen LogP contribution >= 0.6 is 11.6 Å². The van der Waals surface area contributed by atoms with Crippen molar-refractivity contribution in [1.82, 2.24) is 9.97 Å². The molecule has 0 fully saturated rings. The van der Waals surface area contributed by atoms with Gasteiger partial charge in [0.1, 0.15) is 5.82 Å². The molecular weight excluding hydrogens is 374 g/mol. The van der Waals surface area contributed by atoms with Crippen LogP contribution in [0.4, 0.5) is 5.69 Å². The number of aryl methyl sites for hydroxylation is 1. The molecule has 3 aromatic rings. The van der Waals surface area contributed by atoms with Gasteiger partial charge in [-0.2, -0.15) is 0 Å². The molecule has 0 saturated carbocycles. The van der Waals surface area contributed by atoms with Gasteiger partial charge in [-0.05, 0) is 42.8 Å². The molecular formula is C18H16ClN3O3S. The molecule has 6 nitrogen and oxygen atoms in total. The number of aromatic nitrogens is 2. The van der Waals surface area contributed by atoms with Crippen LogP contribution in [-0.2, 0) is 16.4 Å². The number of hydrogen-bond acceptors (Lipinski definition) is 4. The number of aromatic amines is 1. The molecule has 3 rings (SSSR count). The minimum Gasteiger partial charge on any atom is -0.307 e. The van der Waals surface area contributed by atoms with Crippen LogP contribution in [0.25, 0.3) is 11.4 Å². The molecule has 0 saturated heterocycles. The fraction of sp³-hybridized carbons (Fsp3) is 0.111. The molecule has 0 bridgehead atoms. The number of benzene rings is 2. The van der Waals surface area contributed by atoms with E-state index < -0.39 is 10.0 Å². The van der Waals surface area contributed by atoms with Crippen molar-refractivity contribution in [2.75, 3.05) is 4.72 Å². The van der Waals surface area contributed by atoms with Crippen molar-refractivity contribution in [3.63, 3.8) is 0 Å². The van der Waals surface area contributed by atoms with Gasteiger partial charge in [-0.15, -0.1) is 0 Å². The van der Waals surface area contributed by atoms with Crippen molar-refractivity contribution < 1.29 is 8.42 Å². The van der Waals surface area contributed by atoms with Crippen LogP contribution in [0.1, 0.15) is 12.6 Å². The van der Waals surface area contributed by atoms with E-state index in [1.54, 1.807) is 24.3 Å². The van der Waals surface area contributed by atoms with E-state index in [1.165, 1.54) is 30.3 Å². The smallest absolute Gasteiger partial charge is 0.261 e. The maximum atomic E-state index is 12.5. The van der Waals surface area contributed by atoms with Gasteiger partial charge in [0.25, 0.3) is 15.6 Å². The van der Waals surface area contributed by atoms with Crippen molar-refractivity contribution in [3.05, 3.63) is 75.7 Å². The maximum absolute atomic E-state index is 12.5. The van der Waals surface area contributed by atoms with E-state index in [9.17, 15) is 13.2 Å². The van der Waals surface area contributed by atoms with E-state index in [4.69, 9.17) is 11.6 Å². The Balaban J connectivity index is 1.94. The topological polar surface area (TPSA) is 91.9 Å². The Morgan fingerprint density at radius 2 is 1.85 bits per heavy atom. The predicted octanol–water partition coefficient (Wildman–Crippen LogP) is 3.45. The number of nitrogens with zero attached hydrogens (tertiary/aromatic N) is 1. The highest BCUT2D eigenvalue weighted by Gasteiger charge is 2.14. The van der Waals surface area contributed by atoms with Crippen LogP contribution in [0, 0.1) is 0 Å². The van der Waals surface area contributed by atoms with Gasteiger partial charge < -0.3 is 4.98 Å². The lowest BCUT2D eigenvalue weighted by molar-refractivity contribution is 0.601. The second kappa shape index (κ2) is 7.31. The number of H-pyrrole nitrogens is 1. The molecule has 0 aliphatic heterocycles. The summed E-state index contributed by atoms with van der Waals surface area (Å²) >= 11 is 5.80. The maximum Gasteiger partial charge on any atom is 0.261 e. The molecule has 0 spiro atoms. The van der Waals surface area contributed by atoms with E-state index in [0.717, 1.165) is 0 Å². The van der Waals surface area contributed by atoms with Gasteiger partial charge in [0.2, 0.25) is 0 Å². The Bertz CT molecular complexity index is 1090. The number of sulfonamides is 1. The van der Waals surface area contributed by atoms with Gasteiger partial charge in [0.05, 0.1) is 4.90 Å². The Kier molecular flexibility index (Phi) is 5.11. The lowest BCUT2D eigenvalue weighted by Gasteiger charge is -2.10. The van der Waals surface area contributed by atoms with Gasteiger partial charge in [-0.25, -0.2) is 13.4 Å². The normalized spacial score (nSPS) is 11.3. The largest absolute Gasteiger partial charge is 0.307 e. The van der Waals surface area contributed by atoms with E-state index in [0.29, 0.717) is 34.2 Å². The molecule has 0 radical (unpaired) electrons. The first kappa shape index (κ1) is 18.2. The summed E-state index contributed by atoms with van der Waals surface area (Å²) in [7, 11) is -3.75. The standard InChI is InChI=1S/C18H16ClN3O3S/c1-2-14-11-17(23)21-18(20-14)12-4-3-5-15(10-12)22-26(24,25)16-8-6-13(19)7-9-16/h3-11,22H,2H2,1H3,(H,20,21,23). The van der Waals surface area contributed by atoms with Gasteiger partial charge in [-0.1, -0.05) is 30.7 Å². The summed E-state index contributed by atoms with van der Waals surface area (Å²) in [4.78, 5) is 18.9. The van der Waals surface area contributed by atoms with E-state index >= 15 is 0 Å². The zero-order valence-electron chi connectivity index (χ0n) is 13.9. The van der Waals surface area contributed by atoms with Gasteiger partial charge in [0.15, 0.2) is 0 Å². The van der Waals surface area contributed by atoms with E-state index in [1.807, 2.05) is 6.92 Å². The summed E-state index contributed by atoms with van der Waals surface area (Å²) < 4.78 is 27.5. The minimum absolute atomic E-state index is 0.104. The molecule has 0 atom stereocenters. The van der Waals surface area contributed by atoms with Crippen molar-refractivity contribution in [3.8, 4) is 11.4 Å². The average molecular weight is 390 g/mol. The Morgan fingerprint density at radius 1 is 1.12 bits per heavy atom. The quantitative estimate of drug-likeness (QED) is 0.699. The number of nitrogens with one attached hydrogen (secondary N) is 2. The highest BCUT2D eigenvalue weighted by molar-refractivity contribution is 7.92. The minimum atomic E-state index is -3.75. The number of halogens is 1. The Morgan fingerprint density at radius 3 is 2.54 bits per heavy atom. The molecule has 0 aliphatic carbocycles. The number of hydrogen-bond donors (Lipinski definition) is 2. The van der Waals surface area contributed by atoms with Crippen LogP contribution in [0.15, 0.2) is 64.3 Å². The van der Waals surface area contributed by atoms with Crippen molar-refractivity contribution in [1.29, 1.82) is 0 Å². The number of anilines is 1. The highest BCUT2D eigenvalue weighted by Crippen LogP contribution is 2.22. The summed E-state index contributed by atoms with van der Waals surface area (Å²) in [5.74, 6) is 0.391. The zero-order chi connectivity index (χ0) is 18.7. The van der Waals surface area contributed by atoms with Crippen LogP contribution < -0.4 is 10.3 Å². The molecule has 0 aliphatic rings. The monoisotopic (exact) mass is 389 g/mol. The third-order valence-electron chi connectivity index (χ3n) is 3.67. The molecule has 134 valence electrons. The van der Waals surface area contributed by atoms with Crippen LogP contribution in [0.5, 0.6) is 0 Å². The first-order valence-corrected chi connectivity index (χ1v) is 9.72. The SMILES string of the molecule is CCc1cc(=O)[nH]c(-c2cccc(NS(=O)(=O)c3ccc(Cl)cc3)c2)n1. The predicted molar refractivity (Wildman–Crippen MR) is 102 cm³/mol. The molecule has 26 heavy (non-hydrogen) atoms. The fourth-order valence-corrected chi connectivity index (χ4v) is 3.56.